The Morgan fingerprint density at radius 2 is 1.85 bits per heavy atom. The SMILES string of the molecule is Cc1cc(Cl)c(Cl)cc1NC(=O)NC(C)c1ncnn1-c1ncccn1. The van der Waals surface area contributed by atoms with Crippen molar-refractivity contribution in [3.63, 3.8) is 0 Å². The van der Waals surface area contributed by atoms with E-state index in [9.17, 15) is 4.79 Å². The van der Waals surface area contributed by atoms with Crippen LogP contribution in [0.5, 0.6) is 0 Å². The molecule has 0 fully saturated rings. The lowest BCUT2D eigenvalue weighted by Gasteiger charge is -2.16. The molecule has 134 valence electrons. The zero-order chi connectivity index (χ0) is 18.7. The number of carbonyl (C=O) groups excluding carboxylic acids is 1. The van der Waals surface area contributed by atoms with Crippen LogP contribution < -0.4 is 10.6 Å². The quantitative estimate of drug-likeness (QED) is 0.708. The molecule has 0 bridgehead atoms. The number of hydrogen-bond acceptors (Lipinski definition) is 5. The minimum Gasteiger partial charge on any atom is -0.328 e. The van der Waals surface area contributed by atoms with Crippen molar-refractivity contribution >= 4 is 34.9 Å². The van der Waals surface area contributed by atoms with Crippen LogP contribution in [0.2, 0.25) is 10.0 Å². The number of rotatable bonds is 4. The Labute approximate surface area is 159 Å². The van der Waals surface area contributed by atoms with E-state index < -0.39 is 12.1 Å². The van der Waals surface area contributed by atoms with E-state index in [1.54, 1.807) is 37.5 Å². The maximum absolute atomic E-state index is 12.3. The van der Waals surface area contributed by atoms with E-state index in [-0.39, 0.29) is 0 Å². The summed E-state index contributed by atoms with van der Waals surface area (Å²) >= 11 is 12.0. The summed E-state index contributed by atoms with van der Waals surface area (Å²) in [5, 5.41) is 10.4. The summed E-state index contributed by atoms with van der Waals surface area (Å²) in [5.74, 6) is 0.867. The maximum Gasteiger partial charge on any atom is 0.319 e. The normalized spacial score (nSPS) is 11.8. The molecule has 0 aliphatic rings. The zero-order valence-corrected chi connectivity index (χ0v) is 15.5. The number of nitrogens with one attached hydrogen (secondary N) is 2. The number of carbonyl (C=O) groups is 1. The summed E-state index contributed by atoms with van der Waals surface area (Å²) in [6, 6.07) is 4.14. The zero-order valence-electron chi connectivity index (χ0n) is 13.9. The van der Waals surface area contributed by atoms with Gasteiger partial charge in [0.25, 0.3) is 5.95 Å². The van der Waals surface area contributed by atoms with E-state index in [4.69, 9.17) is 23.2 Å². The Bertz CT molecular complexity index is 930. The second-order valence-electron chi connectivity index (χ2n) is 5.48. The number of nitrogens with zero attached hydrogens (tertiary/aromatic N) is 5. The highest BCUT2D eigenvalue weighted by molar-refractivity contribution is 6.42. The van der Waals surface area contributed by atoms with Crippen LogP contribution in [0.1, 0.15) is 24.4 Å². The van der Waals surface area contributed by atoms with Crippen molar-refractivity contribution in [1.29, 1.82) is 0 Å². The van der Waals surface area contributed by atoms with Crippen LogP contribution in [0.15, 0.2) is 36.9 Å². The van der Waals surface area contributed by atoms with Gasteiger partial charge in [-0.05, 0) is 37.6 Å². The second kappa shape index (κ2) is 7.67. The molecule has 2 heterocycles. The fraction of sp³-hybridized carbons (Fsp3) is 0.188. The number of amides is 2. The fourth-order valence-electron chi connectivity index (χ4n) is 2.30. The molecule has 8 nitrogen and oxygen atoms in total. The average Bonchev–Trinajstić information content (AvgIpc) is 3.10. The molecule has 2 amide bonds. The molecule has 1 atom stereocenters. The summed E-state index contributed by atoms with van der Waals surface area (Å²) in [6.07, 6.45) is 4.59. The summed E-state index contributed by atoms with van der Waals surface area (Å²) in [4.78, 5) is 24.8. The molecule has 3 aromatic rings. The van der Waals surface area contributed by atoms with Crippen LogP contribution in [0.25, 0.3) is 5.95 Å². The predicted octanol–water partition coefficient (Wildman–Crippen LogP) is 3.56. The first kappa shape index (κ1) is 18.1. The Kier molecular flexibility index (Phi) is 5.34. The summed E-state index contributed by atoms with van der Waals surface area (Å²) < 4.78 is 1.47. The first-order chi connectivity index (χ1) is 12.5. The fourth-order valence-corrected chi connectivity index (χ4v) is 2.68. The molecular weight excluding hydrogens is 377 g/mol. The average molecular weight is 392 g/mol. The highest BCUT2D eigenvalue weighted by Crippen LogP contribution is 2.28. The number of aromatic nitrogens is 5. The Morgan fingerprint density at radius 1 is 1.15 bits per heavy atom. The third-order valence-corrected chi connectivity index (χ3v) is 4.29. The molecule has 3 rings (SSSR count). The molecule has 2 aromatic heterocycles. The molecular formula is C16H15Cl2N7O. The molecule has 1 unspecified atom stereocenters. The molecule has 0 radical (unpaired) electrons. The van der Waals surface area contributed by atoms with Gasteiger partial charge in [-0.15, -0.1) is 0 Å². The number of anilines is 1. The van der Waals surface area contributed by atoms with Crippen molar-refractivity contribution < 1.29 is 4.79 Å². The molecule has 0 aliphatic heterocycles. The minimum atomic E-state index is -0.440. The van der Waals surface area contributed by atoms with E-state index in [1.807, 2.05) is 6.92 Å². The first-order valence-corrected chi connectivity index (χ1v) is 8.41. The van der Waals surface area contributed by atoms with Crippen molar-refractivity contribution in [2.24, 2.45) is 0 Å². The molecule has 26 heavy (non-hydrogen) atoms. The van der Waals surface area contributed by atoms with Crippen LogP contribution in [0, 0.1) is 6.92 Å². The highest BCUT2D eigenvalue weighted by Gasteiger charge is 2.18. The summed E-state index contributed by atoms with van der Waals surface area (Å²) in [6.45, 7) is 3.61. The molecule has 10 heteroatoms. The van der Waals surface area contributed by atoms with Gasteiger partial charge in [-0.25, -0.2) is 19.7 Å². The topological polar surface area (TPSA) is 97.6 Å². The van der Waals surface area contributed by atoms with Gasteiger partial charge in [0, 0.05) is 18.1 Å². The molecule has 2 N–H and O–H groups in total. The van der Waals surface area contributed by atoms with E-state index in [1.165, 1.54) is 11.0 Å². The molecule has 1 aromatic carbocycles. The van der Waals surface area contributed by atoms with Crippen molar-refractivity contribution in [2.75, 3.05) is 5.32 Å². The van der Waals surface area contributed by atoms with Crippen molar-refractivity contribution in [3.05, 3.63) is 58.4 Å². The predicted molar refractivity (Wildman–Crippen MR) is 98.7 cm³/mol. The third kappa shape index (κ3) is 3.92. The first-order valence-electron chi connectivity index (χ1n) is 7.66. The third-order valence-electron chi connectivity index (χ3n) is 3.57. The van der Waals surface area contributed by atoms with Crippen LogP contribution in [-0.2, 0) is 0 Å². The van der Waals surface area contributed by atoms with E-state index in [0.29, 0.717) is 27.5 Å². The number of urea groups is 1. The van der Waals surface area contributed by atoms with Crippen LogP contribution in [0.3, 0.4) is 0 Å². The van der Waals surface area contributed by atoms with Gasteiger partial charge in [0.05, 0.1) is 16.1 Å². The van der Waals surface area contributed by atoms with Gasteiger partial charge in [0.15, 0.2) is 5.82 Å². The van der Waals surface area contributed by atoms with Crippen molar-refractivity contribution in [3.8, 4) is 5.95 Å². The molecule has 0 saturated carbocycles. The molecule has 0 saturated heterocycles. The van der Waals surface area contributed by atoms with Crippen molar-refractivity contribution in [2.45, 2.75) is 19.9 Å². The Balaban J connectivity index is 1.73. The molecule has 0 spiro atoms. The van der Waals surface area contributed by atoms with E-state index in [0.717, 1.165) is 5.56 Å². The number of benzene rings is 1. The van der Waals surface area contributed by atoms with Gasteiger partial charge in [0.1, 0.15) is 6.33 Å². The lowest BCUT2D eigenvalue weighted by molar-refractivity contribution is 0.248. The summed E-state index contributed by atoms with van der Waals surface area (Å²) in [5.41, 5.74) is 1.36. The Morgan fingerprint density at radius 3 is 2.58 bits per heavy atom. The van der Waals surface area contributed by atoms with Crippen molar-refractivity contribution in [1.82, 2.24) is 30.0 Å². The van der Waals surface area contributed by atoms with Gasteiger partial charge in [-0.3, -0.25) is 0 Å². The van der Waals surface area contributed by atoms with E-state index >= 15 is 0 Å². The Hall–Kier alpha value is -2.71. The largest absolute Gasteiger partial charge is 0.328 e. The number of aryl methyl sites for hydroxylation is 1. The van der Waals surface area contributed by atoms with Gasteiger partial charge in [0.2, 0.25) is 0 Å². The number of halogens is 2. The number of hydrogen-bond donors (Lipinski definition) is 2. The smallest absolute Gasteiger partial charge is 0.319 e. The lowest BCUT2D eigenvalue weighted by Crippen LogP contribution is -2.33. The minimum absolute atomic E-state index is 0.363. The molecule has 0 aliphatic carbocycles. The second-order valence-corrected chi connectivity index (χ2v) is 6.29. The lowest BCUT2D eigenvalue weighted by atomic mass is 10.2. The van der Waals surface area contributed by atoms with Crippen LogP contribution in [-0.4, -0.2) is 30.8 Å². The van der Waals surface area contributed by atoms with Gasteiger partial charge in [-0.1, -0.05) is 23.2 Å². The van der Waals surface area contributed by atoms with Crippen LogP contribution >= 0.6 is 23.2 Å². The highest BCUT2D eigenvalue weighted by atomic mass is 35.5. The standard InChI is InChI=1S/C16H15Cl2N7O/c1-9-6-11(17)12(18)7-13(9)24-16(26)23-10(2)14-21-8-22-25(14)15-19-4-3-5-20-15/h3-8,10H,1-2H3,(H2,23,24,26). The maximum atomic E-state index is 12.3. The van der Waals surface area contributed by atoms with Crippen LogP contribution in [0.4, 0.5) is 10.5 Å². The summed E-state index contributed by atoms with van der Waals surface area (Å²) in [7, 11) is 0. The van der Waals surface area contributed by atoms with Gasteiger partial charge >= 0.3 is 6.03 Å². The van der Waals surface area contributed by atoms with E-state index in [2.05, 4.69) is 30.7 Å². The van der Waals surface area contributed by atoms with Gasteiger partial charge < -0.3 is 10.6 Å². The monoisotopic (exact) mass is 391 g/mol. The van der Waals surface area contributed by atoms with Gasteiger partial charge in [-0.2, -0.15) is 9.78 Å².